The van der Waals surface area contributed by atoms with Crippen LogP contribution in [0.2, 0.25) is 0 Å². The van der Waals surface area contributed by atoms with Crippen molar-refractivity contribution in [3.8, 4) is 12.8 Å². The normalized spacial score (nSPS) is 47.0. The molecule has 4 fully saturated rings. The lowest BCUT2D eigenvalue weighted by molar-refractivity contribution is -0.159. The largest absolute Gasteiger partial charge is 0.389 e. The molecule has 0 amide bonds. The zero-order valence-corrected chi connectivity index (χ0v) is 16.4. The highest BCUT2D eigenvalue weighted by atomic mass is 16.3. The van der Waals surface area contributed by atoms with Crippen molar-refractivity contribution in [1.82, 2.24) is 0 Å². The average Bonchev–Trinajstić information content (AvgIpc) is 2.98. The van der Waals surface area contributed by atoms with Crippen LogP contribution in [0.3, 0.4) is 0 Å². The Morgan fingerprint density at radius 3 is 2.50 bits per heavy atom. The molecule has 0 aromatic carbocycles. The molecule has 4 unspecified atom stereocenters. The molecule has 0 heterocycles. The average molecular weight is 359 g/mol. The maximum absolute atomic E-state index is 13.3. The maximum Gasteiger partial charge on any atom is 0.161 e. The van der Waals surface area contributed by atoms with E-state index in [-0.39, 0.29) is 35.1 Å². The molecule has 26 heavy (non-hydrogen) atoms. The van der Waals surface area contributed by atoms with Crippen LogP contribution in [-0.2, 0) is 9.59 Å². The molecule has 144 valence electrons. The van der Waals surface area contributed by atoms with Gasteiger partial charge >= 0.3 is 0 Å². The molecule has 0 aromatic heterocycles. The van der Waals surface area contributed by atoms with Gasteiger partial charge in [0.05, 0.1) is 0 Å². The molecule has 4 aliphatic rings. The number of hydrogen-bond donors (Lipinski definition) is 1. The van der Waals surface area contributed by atoms with Crippen molar-refractivity contribution in [3.63, 3.8) is 0 Å². The lowest BCUT2D eigenvalue weighted by atomic mass is 9.44. The SMILES string of the molecule is C#C.C[C@]12CCCCC1CCC1C2C(=O)C[C@@]2(C)C1CC[C@@H]2C(=O)CO. The van der Waals surface area contributed by atoms with E-state index in [4.69, 9.17) is 0 Å². The quantitative estimate of drug-likeness (QED) is 0.759. The van der Waals surface area contributed by atoms with Gasteiger partial charge in [-0.25, -0.2) is 0 Å². The number of terminal acetylenes is 1. The summed E-state index contributed by atoms with van der Waals surface area (Å²) in [6.45, 7) is 4.21. The number of hydrogen-bond acceptors (Lipinski definition) is 3. The highest BCUT2D eigenvalue weighted by Crippen LogP contribution is 2.66. The van der Waals surface area contributed by atoms with Crippen molar-refractivity contribution < 1.29 is 14.7 Å². The first-order chi connectivity index (χ1) is 12.4. The second kappa shape index (κ2) is 7.12. The molecule has 4 saturated carbocycles. The second-order valence-corrected chi connectivity index (χ2v) is 9.68. The van der Waals surface area contributed by atoms with E-state index in [2.05, 4.69) is 26.7 Å². The summed E-state index contributed by atoms with van der Waals surface area (Å²) in [7, 11) is 0. The molecule has 3 nitrogen and oxygen atoms in total. The fourth-order valence-corrected chi connectivity index (χ4v) is 7.75. The molecule has 0 radical (unpaired) electrons. The van der Waals surface area contributed by atoms with Gasteiger partial charge in [0.25, 0.3) is 0 Å². The van der Waals surface area contributed by atoms with Crippen LogP contribution in [-0.4, -0.2) is 23.3 Å². The van der Waals surface area contributed by atoms with E-state index in [1.807, 2.05) is 0 Å². The molecule has 0 aliphatic heterocycles. The van der Waals surface area contributed by atoms with Crippen molar-refractivity contribution in [1.29, 1.82) is 0 Å². The van der Waals surface area contributed by atoms with Crippen LogP contribution < -0.4 is 0 Å². The highest BCUT2D eigenvalue weighted by Gasteiger charge is 2.63. The Morgan fingerprint density at radius 1 is 1.08 bits per heavy atom. The number of carbonyl (C=O) groups is 2. The fraction of sp³-hybridized carbons (Fsp3) is 0.826. The summed E-state index contributed by atoms with van der Waals surface area (Å²) in [6, 6.07) is 0. The number of aliphatic hydroxyl groups is 1. The van der Waals surface area contributed by atoms with Crippen LogP contribution in [0.1, 0.15) is 71.6 Å². The zero-order chi connectivity index (χ0) is 19.1. The first kappa shape index (κ1) is 19.6. The van der Waals surface area contributed by atoms with Gasteiger partial charge in [0, 0.05) is 18.3 Å². The summed E-state index contributed by atoms with van der Waals surface area (Å²) in [4.78, 5) is 25.6. The van der Waals surface area contributed by atoms with E-state index in [0.717, 1.165) is 18.8 Å². The van der Waals surface area contributed by atoms with Crippen molar-refractivity contribution in [3.05, 3.63) is 0 Å². The Morgan fingerprint density at radius 2 is 1.81 bits per heavy atom. The van der Waals surface area contributed by atoms with Crippen LogP contribution in [0.5, 0.6) is 0 Å². The van der Waals surface area contributed by atoms with E-state index < -0.39 is 0 Å². The van der Waals surface area contributed by atoms with Gasteiger partial charge in [-0.1, -0.05) is 26.7 Å². The Balaban J connectivity index is 0.000000948. The zero-order valence-electron chi connectivity index (χ0n) is 16.4. The Labute approximate surface area is 158 Å². The van der Waals surface area contributed by atoms with Crippen LogP contribution >= 0.6 is 0 Å². The van der Waals surface area contributed by atoms with E-state index in [9.17, 15) is 14.7 Å². The van der Waals surface area contributed by atoms with Gasteiger partial charge in [-0.2, -0.15) is 0 Å². The summed E-state index contributed by atoms with van der Waals surface area (Å²) >= 11 is 0. The predicted molar refractivity (Wildman–Crippen MR) is 102 cm³/mol. The van der Waals surface area contributed by atoms with E-state index in [1.165, 1.54) is 38.5 Å². The molecule has 3 heteroatoms. The highest BCUT2D eigenvalue weighted by molar-refractivity contribution is 5.88. The molecule has 4 rings (SSSR count). The minimum Gasteiger partial charge on any atom is -0.389 e. The Hall–Kier alpha value is -1.14. The van der Waals surface area contributed by atoms with E-state index in [1.54, 1.807) is 0 Å². The number of fused-ring (bicyclic) bond motifs is 5. The third-order valence-electron chi connectivity index (χ3n) is 8.81. The Bertz CT molecular complexity index is 594. The first-order valence-electron chi connectivity index (χ1n) is 10.4. The molecule has 0 bridgehead atoms. The molecule has 0 aromatic rings. The standard InChI is InChI=1S/C21H32O3.C2H2/c1-20-10-4-3-5-13(20)6-7-14-15-8-9-16(18(24)12-22)21(15,2)11-17(23)19(14)20;1-2/h13-16,19,22H,3-12H2,1-2H3;1-2H/t13?,14?,15?,16-,19?,20+,21+;/m1./s1. The summed E-state index contributed by atoms with van der Waals surface area (Å²) in [6.07, 6.45) is 18.1. The number of ketones is 2. The number of rotatable bonds is 2. The van der Waals surface area contributed by atoms with Gasteiger partial charge in [0.2, 0.25) is 0 Å². The molecular formula is C23H34O3. The summed E-state index contributed by atoms with van der Waals surface area (Å²) < 4.78 is 0. The van der Waals surface area contributed by atoms with Crippen molar-refractivity contribution in [2.75, 3.05) is 6.61 Å². The van der Waals surface area contributed by atoms with Crippen LogP contribution in [0.4, 0.5) is 0 Å². The lowest BCUT2D eigenvalue weighted by Gasteiger charge is -2.59. The smallest absolute Gasteiger partial charge is 0.161 e. The molecule has 0 saturated heterocycles. The van der Waals surface area contributed by atoms with Gasteiger partial charge in [0.1, 0.15) is 12.4 Å². The van der Waals surface area contributed by atoms with Gasteiger partial charge < -0.3 is 5.11 Å². The topological polar surface area (TPSA) is 54.4 Å². The molecule has 0 spiro atoms. The monoisotopic (exact) mass is 358 g/mol. The fourth-order valence-electron chi connectivity index (χ4n) is 7.75. The molecular weight excluding hydrogens is 324 g/mol. The van der Waals surface area contributed by atoms with Crippen LogP contribution in [0, 0.1) is 53.3 Å². The van der Waals surface area contributed by atoms with Crippen LogP contribution in [0.25, 0.3) is 0 Å². The lowest BCUT2D eigenvalue weighted by Crippen LogP contribution is -2.57. The van der Waals surface area contributed by atoms with Crippen molar-refractivity contribution in [2.24, 2.45) is 40.4 Å². The van der Waals surface area contributed by atoms with Gasteiger partial charge in [-0.05, 0) is 67.1 Å². The van der Waals surface area contributed by atoms with Crippen molar-refractivity contribution in [2.45, 2.75) is 71.6 Å². The first-order valence-corrected chi connectivity index (χ1v) is 10.4. The van der Waals surface area contributed by atoms with Gasteiger partial charge in [0.15, 0.2) is 5.78 Å². The summed E-state index contributed by atoms with van der Waals surface area (Å²) in [5, 5.41) is 9.36. The number of aliphatic hydroxyl groups excluding tert-OH is 1. The second-order valence-electron chi connectivity index (χ2n) is 9.68. The predicted octanol–water partition coefficient (Wildman–Crippen LogP) is 4.03. The summed E-state index contributed by atoms with van der Waals surface area (Å²) in [5.41, 5.74) is 0.00851. The minimum absolute atomic E-state index is 0.0381. The number of carbonyl (C=O) groups excluding carboxylic acids is 2. The third kappa shape index (κ3) is 2.68. The third-order valence-corrected chi connectivity index (χ3v) is 8.81. The molecule has 4 aliphatic carbocycles. The van der Waals surface area contributed by atoms with Crippen molar-refractivity contribution >= 4 is 11.6 Å². The van der Waals surface area contributed by atoms with E-state index in [0.29, 0.717) is 24.0 Å². The molecule has 1 N–H and O–H groups in total. The number of Topliss-reactive ketones (excluding diaryl/α,β-unsaturated/α-hetero) is 2. The summed E-state index contributed by atoms with van der Waals surface area (Å²) in [5.74, 6) is 2.24. The maximum atomic E-state index is 13.3. The Kier molecular flexibility index (Phi) is 5.37. The van der Waals surface area contributed by atoms with Crippen LogP contribution in [0.15, 0.2) is 0 Å². The van der Waals surface area contributed by atoms with E-state index >= 15 is 0 Å². The minimum atomic E-state index is -0.366. The van der Waals surface area contributed by atoms with Gasteiger partial charge in [-0.15, -0.1) is 12.8 Å². The molecule has 7 atom stereocenters. The van der Waals surface area contributed by atoms with Gasteiger partial charge in [-0.3, -0.25) is 9.59 Å².